The third-order valence-electron chi connectivity index (χ3n) is 3.88. The molecule has 1 amide bonds. The average molecular weight is 400 g/mol. The minimum absolute atomic E-state index is 0.0232. The molecule has 1 aromatic heterocycles. The van der Waals surface area contributed by atoms with Crippen molar-refractivity contribution in [2.24, 2.45) is 0 Å². The van der Waals surface area contributed by atoms with Gasteiger partial charge in [-0.25, -0.2) is 4.98 Å². The van der Waals surface area contributed by atoms with Crippen LogP contribution in [0.4, 0.5) is 0 Å². The van der Waals surface area contributed by atoms with Gasteiger partial charge in [0, 0.05) is 35.6 Å². The Morgan fingerprint density at radius 1 is 1.38 bits per heavy atom. The molecular weight excluding hydrogens is 370 g/mol. The number of H-pyrrole nitrogens is 1. The molecule has 0 spiro atoms. The first-order valence-corrected chi connectivity index (χ1v) is 11.2. The molecule has 0 saturated heterocycles. The highest BCUT2D eigenvalue weighted by atomic mass is 33.1. The summed E-state index contributed by atoms with van der Waals surface area (Å²) >= 11 is 0. The molecule has 1 rings (SSSR count). The van der Waals surface area contributed by atoms with Crippen LogP contribution >= 0.6 is 21.6 Å². The topological polar surface area (TPSA) is 86.3 Å². The quantitative estimate of drug-likeness (QED) is 0.299. The molecule has 1 heterocycles. The van der Waals surface area contributed by atoms with Crippen molar-refractivity contribution in [3.63, 3.8) is 0 Å². The molecule has 0 atom stereocenters. The third-order valence-corrected chi connectivity index (χ3v) is 6.61. The normalized spacial score (nSPS) is 12.0. The Hall–Kier alpha value is -1.25. The molecule has 0 aliphatic rings. The number of hydrogen-bond acceptors (Lipinski definition) is 6. The minimum Gasteiger partial charge on any atom is -0.396 e. The fourth-order valence-electron chi connectivity index (χ4n) is 2.29. The van der Waals surface area contributed by atoms with E-state index in [0.29, 0.717) is 17.8 Å². The lowest BCUT2D eigenvalue weighted by Crippen LogP contribution is -2.26. The molecule has 26 heavy (non-hydrogen) atoms. The van der Waals surface area contributed by atoms with E-state index < -0.39 is 0 Å². The number of carbonyl (C=O) groups is 1. The van der Waals surface area contributed by atoms with Crippen LogP contribution < -0.4 is 5.56 Å². The first-order valence-electron chi connectivity index (χ1n) is 8.90. The monoisotopic (exact) mass is 399 g/mol. The van der Waals surface area contributed by atoms with Crippen LogP contribution in [0.1, 0.15) is 57.3 Å². The predicted octanol–water partition coefficient (Wildman–Crippen LogP) is 3.61. The second kappa shape index (κ2) is 13.0. The number of nitrogens with one attached hydrogen (secondary N) is 1. The van der Waals surface area contributed by atoms with Gasteiger partial charge in [-0.3, -0.25) is 9.59 Å². The maximum Gasteiger partial charge on any atom is 0.255 e. The van der Waals surface area contributed by atoms with Crippen LogP contribution in [-0.2, 0) is 11.3 Å². The number of nitrogens with zero attached hydrogens (tertiary/aromatic N) is 2. The number of allylic oxidation sites excluding steroid dienone is 1. The van der Waals surface area contributed by atoms with E-state index in [1.807, 2.05) is 6.92 Å². The number of aromatic nitrogens is 2. The van der Waals surface area contributed by atoms with Crippen molar-refractivity contribution in [1.82, 2.24) is 14.9 Å². The number of aliphatic hydroxyl groups is 1. The van der Waals surface area contributed by atoms with Gasteiger partial charge < -0.3 is 15.0 Å². The maximum atomic E-state index is 12.0. The summed E-state index contributed by atoms with van der Waals surface area (Å²) in [5.74, 6) is 1.58. The fraction of sp³-hybridized carbons (Fsp3) is 0.611. The van der Waals surface area contributed by atoms with E-state index in [-0.39, 0.29) is 18.7 Å². The van der Waals surface area contributed by atoms with Crippen molar-refractivity contribution in [3.8, 4) is 0 Å². The number of aliphatic hydroxyl groups excluding tert-OH is 1. The molecule has 1 aromatic rings. The van der Waals surface area contributed by atoms with E-state index in [0.717, 1.165) is 22.8 Å². The van der Waals surface area contributed by atoms with Crippen molar-refractivity contribution < 1.29 is 9.90 Å². The molecule has 146 valence electrons. The van der Waals surface area contributed by atoms with E-state index >= 15 is 0 Å². The summed E-state index contributed by atoms with van der Waals surface area (Å²) in [7, 11) is 3.35. The summed E-state index contributed by atoms with van der Waals surface area (Å²) in [6.07, 6.45) is 7.57. The van der Waals surface area contributed by atoms with Crippen LogP contribution in [0.5, 0.6) is 0 Å². The summed E-state index contributed by atoms with van der Waals surface area (Å²) in [5, 5.41) is 9.35. The van der Waals surface area contributed by atoms with Crippen LogP contribution in [-0.4, -0.2) is 38.7 Å². The Labute approximate surface area is 163 Å². The summed E-state index contributed by atoms with van der Waals surface area (Å²) < 4.78 is 0. The smallest absolute Gasteiger partial charge is 0.255 e. The zero-order chi connectivity index (χ0) is 19.4. The van der Waals surface area contributed by atoms with Gasteiger partial charge in [0.25, 0.3) is 5.56 Å². The summed E-state index contributed by atoms with van der Waals surface area (Å²) in [6, 6.07) is 0. The van der Waals surface area contributed by atoms with Crippen molar-refractivity contribution in [1.29, 1.82) is 0 Å². The lowest BCUT2D eigenvalue weighted by Gasteiger charge is -2.21. The molecule has 0 saturated carbocycles. The second-order valence-corrected chi connectivity index (χ2v) is 8.51. The molecule has 6 nitrogen and oxygen atoms in total. The zero-order valence-electron chi connectivity index (χ0n) is 15.8. The number of unbranched alkanes of at least 4 members (excludes halogenated alkanes) is 3. The van der Waals surface area contributed by atoms with Gasteiger partial charge in [0.1, 0.15) is 5.82 Å². The number of amides is 1. The zero-order valence-corrected chi connectivity index (χ0v) is 17.4. The van der Waals surface area contributed by atoms with Gasteiger partial charge in [-0.15, -0.1) is 0 Å². The van der Waals surface area contributed by atoms with E-state index in [1.54, 1.807) is 28.5 Å². The Balaban J connectivity index is 2.78. The van der Waals surface area contributed by atoms with Crippen molar-refractivity contribution >= 4 is 28.0 Å². The Kier molecular flexibility index (Phi) is 11.4. The summed E-state index contributed by atoms with van der Waals surface area (Å²) in [5.41, 5.74) is 0.960. The molecule has 0 bridgehead atoms. The number of carbonyl (C=O) groups excluding carboxylic acids is 1. The van der Waals surface area contributed by atoms with Gasteiger partial charge in [-0.05, 0) is 20.3 Å². The van der Waals surface area contributed by atoms with Gasteiger partial charge in [-0.1, -0.05) is 47.8 Å². The van der Waals surface area contributed by atoms with E-state index in [4.69, 9.17) is 0 Å². The maximum absolute atomic E-state index is 12.0. The number of aryl methyl sites for hydroxylation is 1. The van der Waals surface area contributed by atoms with Gasteiger partial charge in [0.05, 0.1) is 12.1 Å². The van der Waals surface area contributed by atoms with Gasteiger partial charge >= 0.3 is 0 Å². The molecule has 0 aromatic carbocycles. The second-order valence-electron chi connectivity index (χ2n) is 6.00. The summed E-state index contributed by atoms with van der Waals surface area (Å²) in [6.45, 7) is 5.93. The standard InChI is InChI=1S/C18H29N3O3S2/c1-4-5-6-7-10-25-26-17(8-9-22)14(2)21(13-23)12-16-11-19-15(3)20-18(16)24/h11,13,22H,4-10,12H2,1-3H3,(H,19,20,24)/b17-14-. The molecule has 2 N–H and O–H groups in total. The number of aromatic amines is 1. The lowest BCUT2D eigenvalue weighted by atomic mass is 10.2. The fourth-order valence-corrected chi connectivity index (χ4v) is 4.89. The van der Waals surface area contributed by atoms with Crippen LogP contribution in [0.2, 0.25) is 0 Å². The van der Waals surface area contributed by atoms with Gasteiger partial charge in [0.2, 0.25) is 6.41 Å². The molecule has 0 aliphatic heterocycles. The average Bonchev–Trinajstić information content (AvgIpc) is 2.62. The van der Waals surface area contributed by atoms with Crippen molar-refractivity contribution in [2.75, 3.05) is 12.4 Å². The van der Waals surface area contributed by atoms with Crippen molar-refractivity contribution in [3.05, 3.63) is 38.5 Å². The SMILES string of the molecule is CCCCCCSS/C(CCO)=C(/C)N(C=O)Cc1cnc(C)[nH]c1=O. The van der Waals surface area contributed by atoms with Crippen LogP contribution in [0, 0.1) is 6.92 Å². The highest BCUT2D eigenvalue weighted by molar-refractivity contribution is 8.78. The molecule has 0 radical (unpaired) electrons. The van der Waals surface area contributed by atoms with Crippen molar-refractivity contribution in [2.45, 2.75) is 59.4 Å². The van der Waals surface area contributed by atoms with E-state index in [9.17, 15) is 14.7 Å². The number of rotatable bonds is 13. The largest absolute Gasteiger partial charge is 0.396 e. The molecule has 0 aliphatic carbocycles. The first-order chi connectivity index (χ1) is 12.5. The summed E-state index contributed by atoms with van der Waals surface area (Å²) in [4.78, 5) is 32.8. The van der Waals surface area contributed by atoms with Crippen LogP contribution in [0.25, 0.3) is 0 Å². The highest BCUT2D eigenvalue weighted by Gasteiger charge is 2.14. The molecular formula is C18H29N3O3S2. The predicted molar refractivity (Wildman–Crippen MR) is 110 cm³/mol. The van der Waals surface area contributed by atoms with Gasteiger partial charge in [0.15, 0.2) is 0 Å². The Morgan fingerprint density at radius 3 is 2.77 bits per heavy atom. The van der Waals surface area contributed by atoms with Gasteiger partial charge in [-0.2, -0.15) is 0 Å². The highest BCUT2D eigenvalue weighted by Crippen LogP contribution is 2.35. The van der Waals surface area contributed by atoms with Crippen LogP contribution in [0.15, 0.2) is 21.6 Å². The van der Waals surface area contributed by atoms with E-state index in [2.05, 4.69) is 16.9 Å². The number of hydrogen-bond donors (Lipinski definition) is 2. The van der Waals surface area contributed by atoms with E-state index in [1.165, 1.54) is 36.8 Å². The lowest BCUT2D eigenvalue weighted by molar-refractivity contribution is -0.116. The Morgan fingerprint density at radius 2 is 2.15 bits per heavy atom. The molecule has 0 unspecified atom stereocenters. The van der Waals surface area contributed by atoms with Crippen LogP contribution in [0.3, 0.4) is 0 Å². The first kappa shape index (κ1) is 22.8. The molecule has 0 fully saturated rings. The minimum atomic E-state index is -0.237. The molecule has 8 heteroatoms. The third kappa shape index (κ3) is 7.97. The Bertz CT molecular complexity index is 647.